The van der Waals surface area contributed by atoms with E-state index in [1.807, 2.05) is 0 Å². The molecule has 294 valence electrons. The molecule has 1 unspecified atom stereocenters. The number of likely N-dealkylation sites (tertiary alicyclic amines) is 1. The molecule has 3 heterocycles. The number of hydrogen-bond acceptors (Lipinski definition) is 11. The fraction of sp³-hybridized carbons (Fsp3) is 0.294. The van der Waals surface area contributed by atoms with Gasteiger partial charge in [-0.15, -0.1) is 0 Å². The number of aromatic hydroxyl groups is 3. The summed E-state index contributed by atoms with van der Waals surface area (Å²) in [6, 6.07) is 4.21. The summed E-state index contributed by atoms with van der Waals surface area (Å²) in [5.74, 6) is -12.3. The van der Waals surface area contributed by atoms with Crippen LogP contribution in [0.5, 0.6) is 23.0 Å². The number of nitrogens with one attached hydrogen (secondary N) is 3. The number of halogens is 3. The van der Waals surface area contributed by atoms with Gasteiger partial charge in [0.25, 0.3) is 0 Å². The second kappa shape index (κ2) is 15.8. The number of fused-ring (bicyclic) bond motifs is 1. The number of hydrogen-bond donors (Lipinski definition) is 8. The first-order valence-corrected chi connectivity index (χ1v) is 17.3. The van der Waals surface area contributed by atoms with Gasteiger partial charge in [0.2, 0.25) is 5.91 Å². The minimum atomic E-state index is -2.07. The van der Waals surface area contributed by atoms with E-state index in [2.05, 4.69) is 16.0 Å². The molecule has 8 N–H and O–H groups in total. The predicted octanol–water partition coefficient (Wildman–Crippen LogP) is 1.69. The summed E-state index contributed by atoms with van der Waals surface area (Å²) < 4.78 is 34.1. The zero-order valence-corrected chi connectivity index (χ0v) is 29.6. The quantitative estimate of drug-likeness (QED) is 0.0965. The number of rotatable bonds is 7. The number of piperidine rings is 1. The van der Waals surface area contributed by atoms with Crippen LogP contribution < -0.4 is 20.6 Å². The van der Waals surface area contributed by atoms with E-state index in [1.54, 1.807) is 12.1 Å². The topological polar surface area (TPSA) is 259 Å². The molecule has 56 heavy (non-hydrogen) atoms. The van der Waals surface area contributed by atoms with E-state index < -0.39 is 106 Å². The van der Waals surface area contributed by atoms with Gasteiger partial charge in [0, 0.05) is 49.5 Å². The van der Waals surface area contributed by atoms with Gasteiger partial charge in [0.1, 0.15) is 28.9 Å². The van der Waals surface area contributed by atoms with E-state index in [0.29, 0.717) is 29.5 Å². The molecular weight excluding hydrogens is 769 g/mol. The number of amides is 7. The van der Waals surface area contributed by atoms with Gasteiger partial charge >= 0.3 is 37.0 Å². The van der Waals surface area contributed by atoms with Crippen molar-refractivity contribution >= 4 is 60.2 Å². The van der Waals surface area contributed by atoms with Crippen molar-refractivity contribution in [1.82, 2.24) is 25.3 Å². The molecule has 0 bridgehead atoms. The van der Waals surface area contributed by atoms with E-state index in [-0.39, 0.29) is 43.9 Å². The Kier molecular flexibility index (Phi) is 11.1. The van der Waals surface area contributed by atoms with Crippen LogP contribution >= 0.6 is 11.6 Å². The molecule has 2 atom stereocenters. The van der Waals surface area contributed by atoms with Gasteiger partial charge in [0.15, 0.2) is 17.3 Å². The molecule has 18 nitrogen and oxygen atoms in total. The summed E-state index contributed by atoms with van der Waals surface area (Å²) >= 11 is 6.16. The summed E-state index contributed by atoms with van der Waals surface area (Å²) in [5.41, 5.74) is -1.04. The third-order valence-electron chi connectivity index (χ3n) is 9.58. The predicted molar refractivity (Wildman–Crippen MR) is 189 cm³/mol. The van der Waals surface area contributed by atoms with Crippen LogP contribution in [0.2, 0.25) is 5.02 Å². The number of piperazine rings is 1. The first kappa shape index (κ1) is 39.4. The molecule has 3 aliphatic rings. The van der Waals surface area contributed by atoms with Crippen LogP contribution in [0, 0.1) is 11.6 Å². The highest BCUT2D eigenvalue weighted by Gasteiger charge is 2.44. The van der Waals surface area contributed by atoms with Crippen molar-refractivity contribution in [2.75, 3.05) is 31.5 Å². The van der Waals surface area contributed by atoms with Gasteiger partial charge in [-0.1, -0.05) is 23.7 Å². The normalized spacial score (nSPS) is 17.8. The number of imide groups is 1. The van der Waals surface area contributed by atoms with Crippen LogP contribution in [-0.2, 0) is 20.8 Å². The van der Waals surface area contributed by atoms with Gasteiger partial charge in [-0.25, -0.2) is 23.2 Å². The van der Waals surface area contributed by atoms with Gasteiger partial charge < -0.3 is 55.9 Å². The molecule has 0 radical (unpaired) electrons. The third-order valence-corrected chi connectivity index (χ3v) is 9.97. The molecule has 0 aliphatic carbocycles. The molecule has 6 rings (SSSR count). The Hall–Kier alpha value is -6.35. The minimum absolute atomic E-state index is 0.0341. The zero-order chi connectivity index (χ0) is 40.6. The second-order valence-electron chi connectivity index (χ2n) is 13.0. The number of carbonyl (C=O) groups is 6. The maximum Gasteiger partial charge on any atom is 0.547 e. The summed E-state index contributed by atoms with van der Waals surface area (Å²) in [6.45, 7) is -0.0569. The standard InChI is InChI=1S/C34H32BClF2N6O12/c36-24-19(14-21(38)26(46)27(24)47)25(29(48)40-22-12-15-4-5-20(37)23(32(51)52)28(15)56-35(22)55)41-34(54)44-11-10-43(30(49)31(44)50)17-6-8-42(9-7-17)33(53)39-16-2-1-3-18(45)13-16/h1-5,13-14,17,22,25,45-47,55H,6-12H2,(H,39,53)(H,40,48)(H,41,54)(H,51,52)/t22-,25?/m0/s1. The Morgan fingerprint density at radius 3 is 2.30 bits per heavy atom. The fourth-order valence-corrected chi connectivity index (χ4v) is 6.95. The lowest BCUT2D eigenvalue weighted by Crippen LogP contribution is -2.62. The van der Waals surface area contributed by atoms with Gasteiger partial charge in [0.05, 0.1) is 11.0 Å². The number of urea groups is 2. The summed E-state index contributed by atoms with van der Waals surface area (Å²) in [7, 11) is -1.98. The van der Waals surface area contributed by atoms with Crippen molar-refractivity contribution in [3.8, 4) is 23.0 Å². The minimum Gasteiger partial charge on any atom is -0.534 e. The van der Waals surface area contributed by atoms with Crippen molar-refractivity contribution in [1.29, 1.82) is 0 Å². The monoisotopic (exact) mass is 800 g/mol. The van der Waals surface area contributed by atoms with Gasteiger partial charge in [-0.05, 0) is 49.1 Å². The lowest BCUT2D eigenvalue weighted by Gasteiger charge is -2.41. The third kappa shape index (κ3) is 7.75. The lowest BCUT2D eigenvalue weighted by molar-refractivity contribution is -0.156. The maximum atomic E-state index is 14.7. The number of carboxylic acid groups (broad SMARTS) is 1. The van der Waals surface area contributed by atoms with Gasteiger partial charge in [-0.2, -0.15) is 0 Å². The molecule has 22 heteroatoms. The summed E-state index contributed by atoms with van der Waals surface area (Å²) in [5, 5.41) is 56.2. The Morgan fingerprint density at radius 2 is 1.62 bits per heavy atom. The van der Waals surface area contributed by atoms with Crippen LogP contribution in [0.4, 0.5) is 24.1 Å². The Balaban J connectivity index is 1.14. The van der Waals surface area contributed by atoms with Crippen LogP contribution in [0.1, 0.15) is 40.4 Å². The number of phenolic OH excluding ortho intramolecular Hbond substituents is 3. The molecule has 3 aliphatic heterocycles. The van der Waals surface area contributed by atoms with E-state index in [0.717, 1.165) is 12.1 Å². The lowest BCUT2D eigenvalue weighted by atomic mass is 9.72. The molecule has 3 aromatic carbocycles. The SMILES string of the molecule is O=C(O)c1c(F)ccc2c1OB(O)[C@@H](NC(=O)C(NC(=O)N1CCN(C3CCN(C(=O)Nc4cccc(O)c4)CC3)C(=O)C1=O)c1cc(F)c(O)c(O)c1Cl)C2. The van der Waals surface area contributed by atoms with Gasteiger partial charge in [-0.3, -0.25) is 19.3 Å². The average Bonchev–Trinajstić information content (AvgIpc) is 3.15. The van der Waals surface area contributed by atoms with Crippen LogP contribution in [0.15, 0.2) is 42.5 Å². The Morgan fingerprint density at radius 1 is 0.911 bits per heavy atom. The van der Waals surface area contributed by atoms with Crippen molar-refractivity contribution in [3.63, 3.8) is 0 Å². The van der Waals surface area contributed by atoms with Crippen LogP contribution in [-0.4, -0.2) is 121 Å². The van der Waals surface area contributed by atoms with E-state index >= 15 is 0 Å². The Labute approximate surface area is 320 Å². The molecular formula is C34H32BClF2N6O12. The molecule has 7 amide bonds. The molecule has 0 spiro atoms. The van der Waals surface area contributed by atoms with Crippen molar-refractivity contribution in [3.05, 3.63) is 75.8 Å². The first-order chi connectivity index (χ1) is 26.5. The molecule has 3 aromatic rings. The Bertz CT molecular complexity index is 2140. The molecule has 0 saturated carbocycles. The smallest absolute Gasteiger partial charge is 0.534 e. The van der Waals surface area contributed by atoms with E-state index in [1.165, 1.54) is 21.9 Å². The van der Waals surface area contributed by atoms with Crippen molar-refractivity contribution in [2.24, 2.45) is 0 Å². The number of nitrogens with zero attached hydrogens (tertiary/aromatic N) is 3. The molecule has 0 aromatic heterocycles. The summed E-state index contributed by atoms with van der Waals surface area (Å²) in [4.78, 5) is 81.6. The number of benzene rings is 3. The largest absolute Gasteiger partial charge is 0.547 e. The van der Waals surface area contributed by atoms with Crippen molar-refractivity contribution in [2.45, 2.75) is 37.3 Å². The summed E-state index contributed by atoms with van der Waals surface area (Å²) in [6.07, 6.45) is 0.259. The van der Waals surface area contributed by atoms with E-state index in [4.69, 9.17) is 16.3 Å². The number of anilines is 1. The molecule has 2 fully saturated rings. The number of carbonyl (C=O) groups excluding carboxylic acids is 5. The van der Waals surface area contributed by atoms with Crippen molar-refractivity contribution < 1.29 is 67.7 Å². The second-order valence-corrected chi connectivity index (χ2v) is 13.4. The zero-order valence-electron chi connectivity index (χ0n) is 28.9. The molecule has 2 saturated heterocycles. The highest BCUT2D eigenvalue weighted by molar-refractivity contribution is 6.47. The number of carboxylic acids is 1. The fourth-order valence-electron chi connectivity index (χ4n) is 6.70. The van der Waals surface area contributed by atoms with E-state index in [9.17, 15) is 63.0 Å². The van der Waals surface area contributed by atoms with Crippen LogP contribution in [0.3, 0.4) is 0 Å². The first-order valence-electron chi connectivity index (χ1n) is 16.9. The van der Waals surface area contributed by atoms with Crippen LogP contribution in [0.25, 0.3) is 0 Å². The highest BCUT2D eigenvalue weighted by atomic mass is 35.5. The highest BCUT2D eigenvalue weighted by Crippen LogP contribution is 2.41. The number of aromatic carboxylic acids is 1. The maximum absolute atomic E-state index is 14.7. The average molecular weight is 801 g/mol. The number of phenols is 3.